The van der Waals surface area contributed by atoms with Gasteiger partial charge in [-0.2, -0.15) is 0 Å². The molecule has 0 aliphatic heterocycles. The van der Waals surface area contributed by atoms with Crippen molar-refractivity contribution in [2.45, 2.75) is 58.3 Å². The van der Waals surface area contributed by atoms with Crippen molar-refractivity contribution in [3.05, 3.63) is 0 Å². The maximum atomic E-state index is 2.47. The highest BCUT2D eigenvalue weighted by Crippen LogP contribution is 2.37. The zero-order valence-corrected chi connectivity index (χ0v) is 8.39. The average molecular weight is 166 g/mol. The van der Waals surface area contributed by atoms with Crippen LogP contribution in [-0.4, -0.2) is 0 Å². The number of rotatable bonds is 0. The monoisotopic (exact) mass is 166 g/mol. The molecule has 70 valence electrons. The van der Waals surface area contributed by atoms with Crippen LogP contribution < -0.4 is 0 Å². The summed E-state index contributed by atoms with van der Waals surface area (Å²) in [5, 5.41) is 0. The van der Waals surface area contributed by atoms with E-state index >= 15 is 0 Å². The van der Waals surface area contributed by atoms with Gasteiger partial charge in [0.2, 0.25) is 0 Å². The van der Waals surface area contributed by atoms with Crippen molar-refractivity contribution in [1.29, 1.82) is 0 Å². The molecule has 3 aliphatic rings. The summed E-state index contributed by atoms with van der Waals surface area (Å²) >= 11 is 0. The first kappa shape index (κ1) is 8.59. The third kappa shape index (κ3) is 2.02. The summed E-state index contributed by atoms with van der Waals surface area (Å²) in [6, 6.07) is 0. The number of hydrogen-bond acceptors (Lipinski definition) is 0. The molecule has 0 aromatic rings. The molecule has 0 unspecified atom stereocenters. The topological polar surface area (TPSA) is 0 Å². The van der Waals surface area contributed by atoms with E-state index in [0.29, 0.717) is 0 Å². The summed E-state index contributed by atoms with van der Waals surface area (Å²) in [4.78, 5) is 0. The van der Waals surface area contributed by atoms with Gasteiger partial charge in [-0.15, -0.1) is 0 Å². The van der Waals surface area contributed by atoms with Crippen molar-refractivity contribution < 1.29 is 0 Å². The summed E-state index contributed by atoms with van der Waals surface area (Å²) < 4.78 is 0. The molecule has 3 aliphatic carbocycles. The van der Waals surface area contributed by atoms with Gasteiger partial charge in [-0.05, 0) is 30.6 Å². The molecule has 2 bridgehead atoms. The van der Waals surface area contributed by atoms with Gasteiger partial charge in [0.15, 0.2) is 0 Å². The number of hydrogen-bond donors (Lipinski definition) is 0. The molecular formula is C12H22. The Kier molecular flexibility index (Phi) is 2.73. The molecule has 0 amide bonds. The van der Waals surface area contributed by atoms with Crippen LogP contribution in [0.1, 0.15) is 58.3 Å². The Labute approximate surface area is 76.7 Å². The van der Waals surface area contributed by atoms with E-state index in [1.54, 1.807) is 25.7 Å². The van der Waals surface area contributed by atoms with E-state index in [4.69, 9.17) is 0 Å². The van der Waals surface area contributed by atoms with Gasteiger partial charge < -0.3 is 0 Å². The standard InChI is InChI=1S/C12H22/c1-10-8-11-4-2-5-12(9-10)7-3-6-11/h10-12H,2-9H2,1H3. The predicted molar refractivity (Wildman–Crippen MR) is 53.1 cm³/mol. The van der Waals surface area contributed by atoms with Crippen LogP contribution in [0.2, 0.25) is 0 Å². The first-order chi connectivity index (χ1) is 5.84. The van der Waals surface area contributed by atoms with Gasteiger partial charge in [0, 0.05) is 0 Å². The van der Waals surface area contributed by atoms with Crippen molar-refractivity contribution in [3.8, 4) is 0 Å². The highest BCUT2D eigenvalue weighted by atomic mass is 14.3. The van der Waals surface area contributed by atoms with Crippen LogP contribution in [0.15, 0.2) is 0 Å². The molecule has 0 N–H and O–H groups in total. The highest BCUT2D eigenvalue weighted by molar-refractivity contribution is 4.76. The first-order valence-electron chi connectivity index (χ1n) is 5.84. The molecule has 0 spiro atoms. The molecule has 3 fully saturated rings. The Balaban J connectivity index is 2.01. The van der Waals surface area contributed by atoms with E-state index in [1.807, 2.05) is 0 Å². The van der Waals surface area contributed by atoms with E-state index in [9.17, 15) is 0 Å². The third-order valence-electron chi connectivity index (χ3n) is 3.92. The summed E-state index contributed by atoms with van der Waals surface area (Å²) in [5.74, 6) is 3.23. The van der Waals surface area contributed by atoms with Crippen LogP contribution in [0.25, 0.3) is 0 Å². The van der Waals surface area contributed by atoms with Gasteiger partial charge in [0.05, 0.1) is 0 Å². The lowest BCUT2D eigenvalue weighted by Crippen LogP contribution is -2.19. The van der Waals surface area contributed by atoms with Crippen LogP contribution in [0.4, 0.5) is 0 Å². The predicted octanol–water partition coefficient (Wildman–Crippen LogP) is 4.00. The van der Waals surface area contributed by atoms with Crippen LogP contribution in [0.3, 0.4) is 0 Å². The molecule has 12 heavy (non-hydrogen) atoms. The fourth-order valence-corrected chi connectivity index (χ4v) is 3.38. The lowest BCUT2D eigenvalue weighted by atomic mass is 9.74. The van der Waals surface area contributed by atoms with Crippen molar-refractivity contribution in [2.75, 3.05) is 0 Å². The lowest BCUT2D eigenvalue weighted by molar-refractivity contribution is 0.201. The molecule has 0 atom stereocenters. The van der Waals surface area contributed by atoms with Crippen molar-refractivity contribution in [2.24, 2.45) is 17.8 Å². The van der Waals surface area contributed by atoms with Gasteiger partial charge in [-0.3, -0.25) is 0 Å². The van der Waals surface area contributed by atoms with Crippen molar-refractivity contribution in [1.82, 2.24) is 0 Å². The lowest BCUT2D eigenvalue weighted by Gasteiger charge is -2.32. The Morgan fingerprint density at radius 1 is 0.750 bits per heavy atom. The summed E-state index contributed by atoms with van der Waals surface area (Å²) in [6.07, 6.45) is 12.3. The minimum Gasteiger partial charge on any atom is -0.0625 e. The first-order valence-corrected chi connectivity index (χ1v) is 5.84. The zero-order chi connectivity index (χ0) is 8.39. The van der Waals surface area contributed by atoms with Crippen LogP contribution in [0, 0.1) is 17.8 Å². The summed E-state index contributed by atoms with van der Waals surface area (Å²) in [6.45, 7) is 2.47. The van der Waals surface area contributed by atoms with E-state index in [0.717, 1.165) is 17.8 Å². The SMILES string of the molecule is CC1CC2CCCC(CCC2)C1. The van der Waals surface area contributed by atoms with E-state index in [1.165, 1.54) is 25.7 Å². The normalized spacial score (nSPS) is 43.2. The summed E-state index contributed by atoms with van der Waals surface area (Å²) in [5.41, 5.74) is 0. The summed E-state index contributed by atoms with van der Waals surface area (Å²) in [7, 11) is 0. The molecule has 0 radical (unpaired) electrons. The quantitative estimate of drug-likeness (QED) is 0.510. The molecule has 0 heterocycles. The second-order valence-corrected chi connectivity index (χ2v) is 5.17. The highest BCUT2D eigenvalue weighted by Gasteiger charge is 2.24. The van der Waals surface area contributed by atoms with Gasteiger partial charge in [-0.1, -0.05) is 45.4 Å². The molecule has 0 aromatic heterocycles. The second-order valence-electron chi connectivity index (χ2n) is 5.17. The maximum Gasteiger partial charge on any atom is -0.0412 e. The molecule has 3 rings (SSSR count). The third-order valence-corrected chi connectivity index (χ3v) is 3.92. The van der Waals surface area contributed by atoms with Crippen LogP contribution in [0.5, 0.6) is 0 Å². The molecular weight excluding hydrogens is 144 g/mol. The van der Waals surface area contributed by atoms with Gasteiger partial charge in [-0.25, -0.2) is 0 Å². The maximum absolute atomic E-state index is 2.47. The Bertz CT molecular complexity index is 115. The molecule has 3 saturated carbocycles. The fourth-order valence-electron chi connectivity index (χ4n) is 3.38. The van der Waals surface area contributed by atoms with E-state index < -0.39 is 0 Å². The molecule has 0 heteroatoms. The van der Waals surface area contributed by atoms with Crippen LogP contribution in [-0.2, 0) is 0 Å². The Morgan fingerprint density at radius 3 is 1.58 bits per heavy atom. The zero-order valence-electron chi connectivity index (χ0n) is 8.39. The average Bonchev–Trinajstić information content (AvgIpc) is 1.91. The minimum absolute atomic E-state index is 1.03. The van der Waals surface area contributed by atoms with Crippen molar-refractivity contribution >= 4 is 0 Å². The van der Waals surface area contributed by atoms with Gasteiger partial charge >= 0.3 is 0 Å². The molecule has 0 saturated heterocycles. The largest absolute Gasteiger partial charge is 0.0625 e. The number of fused-ring (bicyclic) bond motifs is 6. The van der Waals surface area contributed by atoms with Gasteiger partial charge in [0.25, 0.3) is 0 Å². The van der Waals surface area contributed by atoms with E-state index in [-0.39, 0.29) is 0 Å². The molecule has 0 nitrogen and oxygen atoms in total. The van der Waals surface area contributed by atoms with Crippen molar-refractivity contribution in [3.63, 3.8) is 0 Å². The van der Waals surface area contributed by atoms with Gasteiger partial charge in [0.1, 0.15) is 0 Å². The Morgan fingerprint density at radius 2 is 1.17 bits per heavy atom. The van der Waals surface area contributed by atoms with E-state index in [2.05, 4.69) is 6.92 Å². The minimum atomic E-state index is 1.03. The fraction of sp³-hybridized carbons (Fsp3) is 1.00. The van der Waals surface area contributed by atoms with Crippen LogP contribution >= 0.6 is 0 Å². The molecule has 0 aromatic carbocycles. The smallest absolute Gasteiger partial charge is 0.0412 e. The second kappa shape index (κ2) is 3.81. The Hall–Kier alpha value is 0.